The van der Waals surface area contributed by atoms with Gasteiger partial charge in [0.2, 0.25) is 0 Å². The first-order valence-corrected chi connectivity index (χ1v) is 9.86. The normalized spacial score (nSPS) is 19.4. The molecule has 1 aromatic heterocycles. The fraction of sp³-hybridized carbons (Fsp3) is 0.273. The van der Waals surface area contributed by atoms with Gasteiger partial charge in [0.25, 0.3) is 5.91 Å². The number of carbonyl (C=O) groups is 1. The first-order valence-electron chi connectivity index (χ1n) is 9.48. The van der Waals surface area contributed by atoms with E-state index in [1.165, 1.54) is 10.7 Å². The van der Waals surface area contributed by atoms with Crippen molar-refractivity contribution in [2.24, 2.45) is 0 Å². The predicted octanol–water partition coefficient (Wildman–Crippen LogP) is 4.58. The Labute approximate surface area is 173 Å². The maximum atomic E-state index is 14.4. The van der Waals surface area contributed by atoms with E-state index < -0.39 is 5.82 Å². The van der Waals surface area contributed by atoms with Gasteiger partial charge in [-0.15, -0.1) is 0 Å². The molecule has 150 valence electrons. The van der Waals surface area contributed by atoms with E-state index in [0.717, 1.165) is 0 Å². The highest BCUT2D eigenvalue weighted by molar-refractivity contribution is 6.32. The summed E-state index contributed by atoms with van der Waals surface area (Å²) < 4.78 is 21.6. The van der Waals surface area contributed by atoms with Crippen LogP contribution in [0.25, 0.3) is 16.9 Å². The lowest BCUT2D eigenvalue weighted by Gasteiger charge is -2.35. The van der Waals surface area contributed by atoms with Crippen LogP contribution in [0.1, 0.15) is 24.3 Å². The smallest absolute Gasteiger partial charge is 0.272 e. The molecule has 5 nitrogen and oxygen atoms in total. The Balaban J connectivity index is 1.82. The van der Waals surface area contributed by atoms with Crippen LogP contribution in [0.15, 0.2) is 54.6 Å². The molecule has 0 unspecified atom stereocenters. The van der Waals surface area contributed by atoms with Crippen LogP contribution in [-0.4, -0.2) is 45.9 Å². The fourth-order valence-electron chi connectivity index (χ4n) is 3.65. The van der Waals surface area contributed by atoms with E-state index >= 15 is 0 Å². The van der Waals surface area contributed by atoms with Crippen molar-refractivity contribution in [2.75, 3.05) is 13.1 Å². The van der Waals surface area contributed by atoms with Crippen molar-refractivity contribution in [3.8, 4) is 16.9 Å². The lowest BCUT2D eigenvalue weighted by atomic mass is 10.1. The Bertz CT molecular complexity index is 1040. The summed E-state index contributed by atoms with van der Waals surface area (Å²) in [6, 6.07) is 15.1. The summed E-state index contributed by atoms with van der Waals surface area (Å²) >= 11 is 6.37. The van der Waals surface area contributed by atoms with E-state index in [4.69, 9.17) is 16.3 Å². The van der Waals surface area contributed by atoms with Crippen molar-refractivity contribution in [1.82, 2.24) is 14.7 Å². The lowest BCUT2D eigenvalue weighted by molar-refractivity contribution is -0.0588. The first-order chi connectivity index (χ1) is 13.9. The zero-order chi connectivity index (χ0) is 20.5. The molecule has 0 aliphatic carbocycles. The third-order valence-electron chi connectivity index (χ3n) is 4.87. The Morgan fingerprint density at radius 2 is 1.76 bits per heavy atom. The highest BCUT2D eigenvalue weighted by Crippen LogP contribution is 2.28. The molecule has 7 heteroatoms. The molecule has 2 atom stereocenters. The molecule has 0 spiro atoms. The third-order valence-corrected chi connectivity index (χ3v) is 5.19. The Kier molecular flexibility index (Phi) is 5.39. The molecule has 1 saturated heterocycles. The first kappa shape index (κ1) is 19.6. The SMILES string of the molecule is C[C@@H]1CN(C(=O)c2cc(-c3ccccc3F)nn2-c2ccccc2Cl)C[C@@H](C)O1. The van der Waals surface area contributed by atoms with Crippen molar-refractivity contribution in [2.45, 2.75) is 26.1 Å². The number of nitrogens with zero attached hydrogens (tertiary/aromatic N) is 3. The van der Waals surface area contributed by atoms with Crippen molar-refractivity contribution in [1.29, 1.82) is 0 Å². The monoisotopic (exact) mass is 413 g/mol. The maximum absolute atomic E-state index is 14.4. The second-order valence-corrected chi connectivity index (χ2v) is 7.63. The zero-order valence-corrected chi connectivity index (χ0v) is 16.9. The highest BCUT2D eigenvalue weighted by Gasteiger charge is 2.30. The van der Waals surface area contributed by atoms with Crippen LogP contribution in [-0.2, 0) is 4.74 Å². The molecule has 4 rings (SSSR count). The Morgan fingerprint density at radius 1 is 1.10 bits per heavy atom. The molecule has 1 fully saturated rings. The number of aromatic nitrogens is 2. The predicted molar refractivity (Wildman–Crippen MR) is 110 cm³/mol. The van der Waals surface area contributed by atoms with Gasteiger partial charge in [0.15, 0.2) is 0 Å². The van der Waals surface area contributed by atoms with Gasteiger partial charge in [-0.1, -0.05) is 35.9 Å². The largest absolute Gasteiger partial charge is 0.372 e. The number of halogens is 2. The summed E-state index contributed by atoms with van der Waals surface area (Å²) in [5.41, 5.74) is 1.60. The molecule has 2 aromatic carbocycles. The van der Waals surface area contributed by atoms with Gasteiger partial charge in [-0.2, -0.15) is 5.10 Å². The van der Waals surface area contributed by atoms with Crippen LogP contribution in [0.5, 0.6) is 0 Å². The number of rotatable bonds is 3. The van der Waals surface area contributed by atoms with E-state index in [0.29, 0.717) is 40.8 Å². The average Bonchev–Trinajstić information content (AvgIpc) is 3.12. The van der Waals surface area contributed by atoms with E-state index in [9.17, 15) is 9.18 Å². The second kappa shape index (κ2) is 7.97. The maximum Gasteiger partial charge on any atom is 0.272 e. The minimum absolute atomic E-state index is 0.0644. The molecule has 0 saturated carbocycles. The zero-order valence-electron chi connectivity index (χ0n) is 16.2. The molecular weight excluding hydrogens is 393 g/mol. The van der Waals surface area contributed by atoms with Crippen LogP contribution in [0.3, 0.4) is 0 Å². The standard InChI is InChI=1S/C22H21ClFN3O2/c1-14-12-26(13-15(2)29-14)22(28)21-11-19(16-7-3-5-9-18(16)24)25-27(21)20-10-6-4-8-17(20)23/h3-11,14-15H,12-13H2,1-2H3/t14-,15-/m1/s1. The summed E-state index contributed by atoms with van der Waals surface area (Å²) in [6.07, 6.45) is -0.129. The van der Waals surface area contributed by atoms with Crippen LogP contribution >= 0.6 is 11.6 Å². The van der Waals surface area contributed by atoms with Gasteiger partial charge >= 0.3 is 0 Å². The number of hydrogen-bond donors (Lipinski definition) is 0. The number of para-hydroxylation sites is 1. The molecular formula is C22H21ClFN3O2. The summed E-state index contributed by atoms with van der Waals surface area (Å²) in [4.78, 5) is 15.1. The van der Waals surface area contributed by atoms with Crippen molar-refractivity contribution in [3.05, 3.63) is 71.1 Å². The van der Waals surface area contributed by atoms with Crippen LogP contribution in [0.2, 0.25) is 5.02 Å². The number of hydrogen-bond acceptors (Lipinski definition) is 3. The third kappa shape index (κ3) is 3.91. The number of ether oxygens (including phenoxy) is 1. The second-order valence-electron chi connectivity index (χ2n) is 7.23. The molecule has 1 aliphatic rings. The van der Waals surface area contributed by atoms with Crippen LogP contribution in [0.4, 0.5) is 4.39 Å². The van der Waals surface area contributed by atoms with Crippen molar-refractivity contribution in [3.63, 3.8) is 0 Å². The van der Waals surface area contributed by atoms with E-state index in [-0.39, 0.29) is 18.1 Å². The minimum Gasteiger partial charge on any atom is -0.372 e. The molecule has 3 aromatic rings. The Hall–Kier alpha value is -2.70. The molecule has 29 heavy (non-hydrogen) atoms. The number of carbonyl (C=O) groups excluding carboxylic acids is 1. The van der Waals surface area contributed by atoms with Crippen LogP contribution < -0.4 is 0 Å². The van der Waals surface area contributed by atoms with Crippen molar-refractivity contribution < 1.29 is 13.9 Å². The Morgan fingerprint density at radius 3 is 2.45 bits per heavy atom. The number of benzene rings is 2. The van der Waals surface area contributed by atoms with Gasteiger partial charge < -0.3 is 9.64 Å². The van der Waals surface area contributed by atoms with E-state index in [1.54, 1.807) is 47.4 Å². The average molecular weight is 414 g/mol. The summed E-state index contributed by atoms with van der Waals surface area (Å²) in [5, 5.41) is 4.99. The van der Waals surface area contributed by atoms with Gasteiger partial charge in [-0.3, -0.25) is 4.79 Å². The molecule has 0 radical (unpaired) electrons. The molecule has 0 bridgehead atoms. The summed E-state index contributed by atoms with van der Waals surface area (Å²) in [6.45, 7) is 4.83. The molecule has 1 amide bonds. The van der Waals surface area contributed by atoms with Gasteiger partial charge in [0.05, 0.1) is 28.6 Å². The van der Waals surface area contributed by atoms with Crippen LogP contribution in [0, 0.1) is 5.82 Å². The van der Waals surface area contributed by atoms with Gasteiger partial charge in [0.1, 0.15) is 11.5 Å². The van der Waals surface area contributed by atoms with E-state index in [1.807, 2.05) is 19.9 Å². The molecule has 1 aliphatic heterocycles. The molecule has 2 heterocycles. The highest BCUT2D eigenvalue weighted by atomic mass is 35.5. The fourth-order valence-corrected chi connectivity index (χ4v) is 3.86. The summed E-state index contributed by atoms with van der Waals surface area (Å²) in [5.74, 6) is -0.592. The summed E-state index contributed by atoms with van der Waals surface area (Å²) in [7, 11) is 0. The van der Waals surface area contributed by atoms with Gasteiger partial charge in [0, 0.05) is 18.7 Å². The molecule has 0 N–H and O–H groups in total. The number of morpholine rings is 1. The lowest BCUT2D eigenvalue weighted by Crippen LogP contribution is -2.48. The minimum atomic E-state index is -0.399. The van der Waals surface area contributed by atoms with Crippen molar-refractivity contribution >= 4 is 17.5 Å². The topological polar surface area (TPSA) is 47.4 Å². The van der Waals surface area contributed by atoms with Gasteiger partial charge in [-0.25, -0.2) is 9.07 Å². The quantitative estimate of drug-likeness (QED) is 0.631. The van der Waals surface area contributed by atoms with E-state index in [2.05, 4.69) is 5.10 Å². The number of amides is 1. The van der Waals surface area contributed by atoms with Gasteiger partial charge in [-0.05, 0) is 44.2 Å².